The maximum atomic E-state index is 11.5. The van der Waals surface area contributed by atoms with Crippen LogP contribution in [0.4, 0.5) is 0 Å². The van der Waals surface area contributed by atoms with Crippen molar-refractivity contribution in [2.45, 2.75) is 19.3 Å². The van der Waals surface area contributed by atoms with Gasteiger partial charge in [0, 0.05) is 23.9 Å². The average molecular weight is 204 g/mol. The summed E-state index contributed by atoms with van der Waals surface area (Å²) in [6, 6.07) is 3.46. The molecule has 0 aromatic carbocycles. The summed E-state index contributed by atoms with van der Waals surface area (Å²) >= 11 is 0. The van der Waals surface area contributed by atoms with Crippen LogP contribution in [-0.2, 0) is 4.79 Å². The fourth-order valence-corrected chi connectivity index (χ4v) is 1.45. The molecule has 1 N–H and O–H groups in total. The summed E-state index contributed by atoms with van der Waals surface area (Å²) in [7, 11) is 0. The molecular weight excluding hydrogens is 192 g/mol. The summed E-state index contributed by atoms with van der Waals surface area (Å²) in [5.74, 6) is 0.364. The Hall–Kier alpha value is -1.71. The van der Waals surface area contributed by atoms with Crippen LogP contribution in [-0.4, -0.2) is 21.7 Å². The van der Waals surface area contributed by atoms with Gasteiger partial charge < -0.3 is 5.21 Å². The van der Waals surface area contributed by atoms with Gasteiger partial charge in [-0.3, -0.25) is 9.78 Å². The van der Waals surface area contributed by atoms with E-state index in [0.29, 0.717) is 5.71 Å². The van der Waals surface area contributed by atoms with Crippen molar-refractivity contribution in [3.63, 3.8) is 0 Å². The second kappa shape index (κ2) is 4.21. The number of pyridine rings is 1. The Kier molecular flexibility index (Phi) is 2.76. The summed E-state index contributed by atoms with van der Waals surface area (Å²) in [5.41, 5.74) is 1.18. The number of hydrogen-bond donors (Lipinski definition) is 1. The van der Waals surface area contributed by atoms with Gasteiger partial charge in [0.25, 0.3) is 0 Å². The quantitative estimate of drug-likeness (QED) is 0.460. The van der Waals surface area contributed by atoms with E-state index in [1.807, 2.05) is 0 Å². The minimum Gasteiger partial charge on any atom is -0.411 e. The molecule has 78 valence electrons. The van der Waals surface area contributed by atoms with Crippen LogP contribution in [0.25, 0.3) is 0 Å². The van der Waals surface area contributed by atoms with Gasteiger partial charge >= 0.3 is 0 Å². The fourth-order valence-electron chi connectivity index (χ4n) is 1.45. The maximum Gasteiger partial charge on any atom is 0.142 e. The van der Waals surface area contributed by atoms with Gasteiger partial charge in [0.15, 0.2) is 0 Å². The van der Waals surface area contributed by atoms with Gasteiger partial charge in [-0.2, -0.15) is 0 Å². The smallest absolute Gasteiger partial charge is 0.142 e. The molecule has 0 saturated heterocycles. The summed E-state index contributed by atoms with van der Waals surface area (Å²) in [5, 5.41) is 12.0. The van der Waals surface area contributed by atoms with Gasteiger partial charge in [-0.1, -0.05) is 5.16 Å². The monoisotopic (exact) mass is 204 g/mol. The molecule has 2 rings (SSSR count). The van der Waals surface area contributed by atoms with Crippen LogP contribution in [0.2, 0.25) is 0 Å². The number of ketones is 1. The zero-order valence-corrected chi connectivity index (χ0v) is 8.26. The summed E-state index contributed by atoms with van der Waals surface area (Å²) < 4.78 is 0. The molecule has 1 aliphatic rings. The molecule has 4 heteroatoms. The normalized spacial score (nSPS) is 16.4. The number of hydrogen-bond acceptors (Lipinski definition) is 4. The van der Waals surface area contributed by atoms with Gasteiger partial charge in [-0.05, 0) is 25.0 Å². The van der Waals surface area contributed by atoms with Crippen LogP contribution < -0.4 is 0 Å². The van der Waals surface area contributed by atoms with E-state index in [4.69, 9.17) is 5.21 Å². The first kappa shape index (κ1) is 9.83. The Bertz CT molecular complexity index is 383. The number of aromatic nitrogens is 1. The highest BCUT2D eigenvalue weighted by molar-refractivity contribution is 6.11. The Morgan fingerprint density at radius 3 is 2.67 bits per heavy atom. The first-order chi connectivity index (χ1) is 7.31. The van der Waals surface area contributed by atoms with Crippen molar-refractivity contribution in [3.05, 3.63) is 30.1 Å². The van der Waals surface area contributed by atoms with Crippen molar-refractivity contribution in [1.29, 1.82) is 0 Å². The zero-order chi connectivity index (χ0) is 10.7. The van der Waals surface area contributed by atoms with E-state index >= 15 is 0 Å². The largest absolute Gasteiger partial charge is 0.411 e. The molecule has 1 heterocycles. The zero-order valence-electron chi connectivity index (χ0n) is 8.26. The van der Waals surface area contributed by atoms with Crippen LogP contribution in [0, 0.1) is 5.92 Å². The second-order valence-electron chi connectivity index (χ2n) is 3.70. The van der Waals surface area contributed by atoms with Gasteiger partial charge in [-0.25, -0.2) is 0 Å². The second-order valence-corrected chi connectivity index (χ2v) is 3.70. The highest BCUT2D eigenvalue weighted by Crippen LogP contribution is 2.31. The van der Waals surface area contributed by atoms with Gasteiger partial charge in [0.1, 0.15) is 5.78 Å². The molecule has 0 unspecified atom stereocenters. The van der Waals surface area contributed by atoms with E-state index in [9.17, 15) is 4.79 Å². The molecule has 1 saturated carbocycles. The molecule has 0 radical (unpaired) electrons. The first-order valence-corrected chi connectivity index (χ1v) is 4.95. The number of nitrogens with zero attached hydrogens (tertiary/aromatic N) is 2. The predicted octanol–water partition coefficient (Wildman–Crippen LogP) is 1.63. The molecule has 4 nitrogen and oxygen atoms in total. The Balaban J connectivity index is 2.08. The van der Waals surface area contributed by atoms with Crippen molar-refractivity contribution >= 4 is 11.5 Å². The molecule has 0 atom stereocenters. The minimum absolute atomic E-state index is 0.166. The third-order valence-electron chi connectivity index (χ3n) is 2.51. The lowest BCUT2D eigenvalue weighted by Gasteiger charge is -2.02. The number of carbonyl (C=O) groups excluding carboxylic acids is 1. The van der Waals surface area contributed by atoms with Crippen molar-refractivity contribution in [3.8, 4) is 0 Å². The summed E-state index contributed by atoms with van der Waals surface area (Å²) in [6.45, 7) is 0. The summed E-state index contributed by atoms with van der Waals surface area (Å²) in [6.07, 6.45) is 5.40. The molecule has 1 fully saturated rings. The van der Waals surface area contributed by atoms with Crippen molar-refractivity contribution in [2.75, 3.05) is 0 Å². The van der Waals surface area contributed by atoms with Crippen molar-refractivity contribution < 1.29 is 10.0 Å². The summed E-state index contributed by atoms with van der Waals surface area (Å²) in [4.78, 5) is 15.4. The van der Waals surface area contributed by atoms with Crippen LogP contribution in [0.15, 0.2) is 29.7 Å². The predicted molar refractivity (Wildman–Crippen MR) is 54.9 cm³/mol. The Morgan fingerprint density at radius 2 is 2.13 bits per heavy atom. The van der Waals surface area contributed by atoms with Crippen LogP contribution in [0.3, 0.4) is 0 Å². The van der Waals surface area contributed by atoms with Crippen molar-refractivity contribution in [2.24, 2.45) is 11.1 Å². The average Bonchev–Trinajstić information content (AvgIpc) is 3.10. The molecule has 15 heavy (non-hydrogen) atoms. The van der Waals surface area contributed by atoms with Gasteiger partial charge in [0.2, 0.25) is 0 Å². The molecule has 1 aromatic rings. The van der Waals surface area contributed by atoms with Crippen LogP contribution in [0.5, 0.6) is 0 Å². The number of carbonyl (C=O) groups is 1. The molecule has 0 amide bonds. The molecule has 1 aromatic heterocycles. The lowest BCUT2D eigenvalue weighted by Crippen LogP contribution is -2.10. The van der Waals surface area contributed by atoms with Crippen LogP contribution >= 0.6 is 0 Å². The molecule has 1 aliphatic carbocycles. The van der Waals surface area contributed by atoms with E-state index in [2.05, 4.69) is 10.1 Å². The molecular formula is C11H12N2O2. The molecule has 0 aliphatic heterocycles. The number of Topliss-reactive ketones (excluding diaryl/α,β-unsaturated/α-hetero) is 1. The highest BCUT2D eigenvalue weighted by Gasteiger charge is 2.30. The Morgan fingerprint density at radius 1 is 1.47 bits per heavy atom. The SMILES string of the molecule is O=C(C/C(=N\O)c1ccncc1)C1CC1. The van der Waals surface area contributed by atoms with E-state index in [0.717, 1.165) is 18.4 Å². The van der Waals surface area contributed by atoms with E-state index in [1.54, 1.807) is 24.5 Å². The minimum atomic E-state index is 0.166. The van der Waals surface area contributed by atoms with E-state index in [-0.39, 0.29) is 18.1 Å². The van der Waals surface area contributed by atoms with Crippen LogP contribution in [0.1, 0.15) is 24.8 Å². The van der Waals surface area contributed by atoms with E-state index in [1.165, 1.54) is 0 Å². The standard InChI is InChI=1S/C11H12N2O2/c14-11(9-1-2-9)7-10(13-15)8-3-5-12-6-4-8/h3-6,9,15H,1-2,7H2/b13-10+. The molecule has 0 spiro atoms. The fraction of sp³-hybridized carbons (Fsp3) is 0.364. The third-order valence-corrected chi connectivity index (χ3v) is 2.51. The third kappa shape index (κ3) is 2.40. The van der Waals surface area contributed by atoms with Crippen molar-refractivity contribution in [1.82, 2.24) is 4.98 Å². The van der Waals surface area contributed by atoms with E-state index < -0.39 is 0 Å². The Labute approximate surface area is 87.6 Å². The van der Waals surface area contributed by atoms with Gasteiger partial charge in [0.05, 0.1) is 12.1 Å². The number of oxime groups is 1. The number of rotatable bonds is 4. The lowest BCUT2D eigenvalue weighted by molar-refractivity contribution is -0.119. The first-order valence-electron chi connectivity index (χ1n) is 4.95. The topological polar surface area (TPSA) is 62.5 Å². The highest BCUT2D eigenvalue weighted by atomic mass is 16.4. The lowest BCUT2D eigenvalue weighted by atomic mass is 10.0. The maximum absolute atomic E-state index is 11.5. The van der Waals surface area contributed by atoms with Gasteiger partial charge in [-0.15, -0.1) is 0 Å². The molecule has 0 bridgehead atoms.